The molecule has 2 aromatic rings. The predicted octanol–water partition coefficient (Wildman–Crippen LogP) is 5.14. The molecule has 3 rings (SSSR count). The Morgan fingerprint density at radius 3 is 2.19 bits per heavy atom. The molecule has 4 heteroatoms. The number of rotatable bonds is 6. The summed E-state index contributed by atoms with van der Waals surface area (Å²) < 4.78 is 16.6. The van der Waals surface area contributed by atoms with Crippen molar-refractivity contribution >= 4 is 0 Å². The quantitative estimate of drug-likeness (QED) is 0.706. The average molecular weight is 370 g/mol. The Morgan fingerprint density at radius 1 is 0.852 bits per heavy atom. The fraction of sp³-hybridized carbons (Fsp3) is 0.478. The second-order valence-electron chi connectivity index (χ2n) is 7.27. The molecule has 146 valence electrons. The zero-order chi connectivity index (χ0) is 19.2. The fourth-order valence-electron chi connectivity index (χ4n) is 3.96. The van der Waals surface area contributed by atoms with E-state index in [-0.39, 0.29) is 0 Å². The van der Waals surface area contributed by atoms with Crippen LogP contribution in [0, 0.1) is 6.92 Å². The Hall–Kier alpha value is -2.20. The largest absolute Gasteiger partial charge is 0.496 e. The van der Waals surface area contributed by atoms with Gasteiger partial charge in [-0.25, -0.2) is 0 Å². The molecule has 1 saturated heterocycles. The molecule has 0 saturated carbocycles. The molecule has 4 nitrogen and oxygen atoms in total. The van der Waals surface area contributed by atoms with Crippen LogP contribution in [0.2, 0.25) is 0 Å². The van der Waals surface area contributed by atoms with Crippen LogP contribution in [0.5, 0.6) is 17.2 Å². The Bertz CT molecular complexity index is 742. The van der Waals surface area contributed by atoms with E-state index in [2.05, 4.69) is 42.2 Å². The van der Waals surface area contributed by atoms with E-state index in [9.17, 15) is 0 Å². The lowest BCUT2D eigenvalue weighted by atomic mass is 9.99. The van der Waals surface area contributed by atoms with Crippen LogP contribution in [0.4, 0.5) is 0 Å². The van der Waals surface area contributed by atoms with E-state index in [1.165, 1.54) is 36.8 Å². The average Bonchev–Trinajstić information content (AvgIpc) is 2.93. The van der Waals surface area contributed by atoms with Crippen LogP contribution in [-0.4, -0.2) is 32.8 Å². The minimum atomic E-state index is 0.436. The molecule has 0 radical (unpaired) electrons. The molecule has 2 aromatic carbocycles. The highest BCUT2D eigenvalue weighted by atomic mass is 16.5. The van der Waals surface area contributed by atoms with E-state index >= 15 is 0 Å². The van der Waals surface area contributed by atoms with Gasteiger partial charge in [0.15, 0.2) is 11.5 Å². The van der Waals surface area contributed by atoms with Crippen LogP contribution < -0.4 is 14.2 Å². The summed E-state index contributed by atoms with van der Waals surface area (Å²) in [4.78, 5) is 2.58. The third-order valence-corrected chi connectivity index (χ3v) is 5.49. The highest BCUT2D eigenvalue weighted by Gasteiger charge is 2.24. The molecule has 27 heavy (non-hydrogen) atoms. The van der Waals surface area contributed by atoms with Crippen LogP contribution in [-0.2, 0) is 6.54 Å². The second kappa shape index (κ2) is 9.14. The zero-order valence-corrected chi connectivity index (χ0v) is 17.0. The first-order valence-electron chi connectivity index (χ1n) is 9.75. The SMILES string of the molecule is COc1cc(OC)c(OC)cc1CN1CCCCCC1c1ccc(C)cc1. The number of methoxy groups -OCH3 is 3. The summed E-state index contributed by atoms with van der Waals surface area (Å²) in [7, 11) is 5.04. The van der Waals surface area contributed by atoms with Gasteiger partial charge in [-0.3, -0.25) is 4.90 Å². The molecule has 1 aliphatic rings. The molecular formula is C23H31NO3. The number of hydrogen-bond donors (Lipinski definition) is 0. The number of hydrogen-bond acceptors (Lipinski definition) is 4. The number of nitrogens with zero attached hydrogens (tertiary/aromatic N) is 1. The van der Waals surface area contributed by atoms with Crippen molar-refractivity contribution in [2.45, 2.75) is 45.2 Å². The summed E-state index contributed by atoms with van der Waals surface area (Å²) in [6.45, 7) is 4.07. The molecule has 1 atom stereocenters. The smallest absolute Gasteiger partial charge is 0.164 e. The van der Waals surface area contributed by atoms with Gasteiger partial charge in [0.1, 0.15) is 5.75 Å². The van der Waals surface area contributed by atoms with Gasteiger partial charge in [-0.2, -0.15) is 0 Å². The van der Waals surface area contributed by atoms with E-state index < -0.39 is 0 Å². The number of aryl methyl sites for hydroxylation is 1. The first kappa shape index (κ1) is 19.6. The van der Waals surface area contributed by atoms with Crippen molar-refractivity contribution in [1.29, 1.82) is 0 Å². The maximum atomic E-state index is 5.65. The van der Waals surface area contributed by atoms with Crippen molar-refractivity contribution in [2.75, 3.05) is 27.9 Å². The minimum absolute atomic E-state index is 0.436. The van der Waals surface area contributed by atoms with E-state index in [4.69, 9.17) is 14.2 Å². The van der Waals surface area contributed by atoms with Crippen molar-refractivity contribution in [3.63, 3.8) is 0 Å². The lowest BCUT2D eigenvalue weighted by Crippen LogP contribution is -2.28. The van der Waals surface area contributed by atoms with E-state index in [1.807, 2.05) is 6.07 Å². The normalized spacial score (nSPS) is 18.0. The Kier molecular flexibility index (Phi) is 6.62. The maximum absolute atomic E-state index is 5.65. The second-order valence-corrected chi connectivity index (χ2v) is 7.27. The third kappa shape index (κ3) is 4.56. The first-order valence-corrected chi connectivity index (χ1v) is 9.75. The van der Waals surface area contributed by atoms with Gasteiger partial charge in [-0.15, -0.1) is 0 Å². The van der Waals surface area contributed by atoms with Gasteiger partial charge in [-0.05, 0) is 37.9 Å². The van der Waals surface area contributed by atoms with Crippen molar-refractivity contribution in [3.8, 4) is 17.2 Å². The summed E-state index contributed by atoms with van der Waals surface area (Å²) in [5.74, 6) is 2.29. The van der Waals surface area contributed by atoms with Crippen LogP contribution >= 0.6 is 0 Å². The molecule has 0 spiro atoms. The van der Waals surface area contributed by atoms with Gasteiger partial charge in [-0.1, -0.05) is 42.7 Å². The van der Waals surface area contributed by atoms with Crippen molar-refractivity contribution in [3.05, 3.63) is 53.1 Å². The number of benzene rings is 2. The van der Waals surface area contributed by atoms with E-state index in [0.717, 1.165) is 30.2 Å². The van der Waals surface area contributed by atoms with Gasteiger partial charge >= 0.3 is 0 Å². The fourth-order valence-corrected chi connectivity index (χ4v) is 3.96. The Balaban J connectivity index is 1.91. The Labute approximate surface area is 163 Å². The molecule has 0 bridgehead atoms. The zero-order valence-electron chi connectivity index (χ0n) is 17.0. The van der Waals surface area contributed by atoms with Gasteiger partial charge in [0, 0.05) is 24.2 Å². The van der Waals surface area contributed by atoms with Gasteiger partial charge in [0.05, 0.1) is 21.3 Å². The molecule has 1 heterocycles. The number of likely N-dealkylation sites (tertiary alicyclic amines) is 1. The van der Waals surface area contributed by atoms with Crippen molar-refractivity contribution in [2.24, 2.45) is 0 Å². The molecule has 0 aliphatic carbocycles. The van der Waals surface area contributed by atoms with Crippen LogP contribution in [0.25, 0.3) is 0 Å². The van der Waals surface area contributed by atoms with E-state index in [1.54, 1.807) is 21.3 Å². The third-order valence-electron chi connectivity index (χ3n) is 5.49. The van der Waals surface area contributed by atoms with Crippen LogP contribution in [0.3, 0.4) is 0 Å². The molecule has 1 unspecified atom stereocenters. The van der Waals surface area contributed by atoms with E-state index in [0.29, 0.717) is 11.8 Å². The molecule has 0 amide bonds. The first-order chi connectivity index (χ1) is 13.2. The monoisotopic (exact) mass is 369 g/mol. The maximum Gasteiger partial charge on any atom is 0.164 e. The molecule has 1 fully saturated rings. The van der Waals surface area contributed by atoms with Crippen LogP contribution in [0.1, 0.15) is 48.4 Å². The summed E-state index contributed by atoms with van der Waals surface area (Å²) in [6, 6.07) is 13.4. The standard InChI is InChI=1S/C23H31NO3/c1-17-9-11-18(12-10-17)20-8-6-5-7-13-24(20)16-19-14-22(26-3)23(27-4)15-21(19)25-2/h9-12,14-15,20H,5-8,13,16H2,1-4H3. The molecular weight excluding hydrogens is 338 g/mol. The Morgan fingerprint density at radius 2 is 1.52 bits per heavy atom. The molecule has 0 aromatic heterocycles. The van der Waals surface area contributed by atoms with Gasteiger partial charge in [0.25, 0.3) is 0 Å². The highest BCUT2D eigenvalue weighted by molar-refractivity contribution is 5.50. The summed E-state index contributed by atoms with van der Waals surface area (Å²) in [5.41, 5.74) is 3.84. The molecule has 0 N–H and O–H groups in total. The lowest BCUT2D eigenvalue weighted by molar-refractivity contribution is 0.189. The van der Waals surface area contributed by atoms with Gasteiger partial charge < -0.3 is 14.2 Å². The molecule has 1 aliphatic heterocycles. The minimum Gasteiger partial charge on any atom is -0.496 e. The van der Waals surface area contributed by atoms with Gasteiger partial charge in [0.2, 0.25) is 0 Å². The van der Waals surface area contributed by atoms with Crippen molar-refractivity contribution in [1.82, 2.24) is 4.90 Å². The summed E-state index contributed by atoms with van der Waals surface area (Å²) >= 11 is 0. The van der Waals surface area contributed by atoms with Crippen LogP contribution in [0.15, 0.2) is 36.4 Å². The number of ether oxygens (including phenoxy) is 3. The lowest BCUT2D eigenvalue weighted by Gasteiger charge is -2.31. The predicted molar refractivity (Wildman–Crippen MR) is 109 cm³/mol. The highest BCUT2D eigenvalue weighted by Crippen LogP contribution is 2.38. The van der Waals surface area contributed by atoms with Crippen molar-refractivity contribution < 1.29 is 14.2 Å². The summed E-state index contributed by atoms with van der Waals surface area (Å²) in [6.07, 6.45) is 5.00. The summed E-state index contributed by atoms with van der Waals surface area (Å²) in [5, 5.41) is 0. The topological polar surface area (TPSA) is 30.9 Å².